The van der Waals surface area contributed by atoms with Gasteiger partial charge in [-0.15, -0.1) is 0 Å². The molecule has 254 valence electrons. The predicted octanol–water partition coefficient (Wildman–Crippen LogP) is 8.21. The molecule has 4 fully saturated rings. The molecule has 0 radical (unpaired) electrons. The van der Waals surface area contributed by atoms with Crippen LogP contribution >= 0.6 is 0 Å². The van der Waals surface area contributed by atoms with Crippen LogP contribution in [0.25, 0.3) is 0 Å². The minimum atomic E-state index is -0.932. The third-order valence-electron chi connectivity index (χ3n) is 13.7. The summed E-state index contributed by atoms with van der Waals surface area (Å²) >= 11 is 0. The Morgan fingerprint density at radius 2 is 1.56 bits per heavy atom. The number of carbonyl (C=O) groups excluding carboxylic acids is 3. The first-order chi connectivity index (χ1) is 20.8. The van der Waals surface area contributed by atoms with E-state index in [9.17, 15) is 14.4 Å². The van der Waals surface area contributed by atoms with Crippen LogP contribution in [0.5, 0.6) is 0 Å². The third-order valence-corrected chi connectivity index (χ3v) is 13.7. The second-order valence-corrected chi connectivity index (χ2v) is 18.4. The minimum Gasteiger partial charge on any atom is -0.462 e. The highest BCUT2D eigenvalue weighted by atomic mass is 16.6. The van der Waals surface area contributed by atoms with Crippen molar-refractivity contribution in [1.29, 1.82) is 0 Å². The predicted molar refractivity (Wildman–Crippen MR) is 178 cm³/mol. The molecule has 9 unspecified atom stereocenters. The van der Waals surface area contributed by atoms with Crippen molar-refractivity contribution < 1.29 is 23.9 Å². The number of allylic oxidation sites excluding steroid dienone is 2. The number of rotatable bonds is 7. The van der Waals surface area contributed by atoms with E-state index in [2.05, 4.69) is 34.6 Å². The fourth-order valence-electron chi connectivity index (χ4n) is 11.8. The van der Waals surface area contributed by atoms with Gasteiger partial charge in [0, 0.05) is 11.8 Å². The molecule has 0 aromatic carbocycles. The first kappa shape index (κ1) is 34.6. The van der Waals surface area contributed by atoms with Crippen molar-refractivity contribution >= 4 is 17.7 Å². The van der Waals surface area contributed by atoms with Crippen LogP contribution in [0.2, 0.25) is 0 Å². The number of Topliss-reactive ketones (excluding diaryl/α,β-unsaturated/α-hetero) is 1. The largest absolute Gasteiger partial charge is 0.462 e. The molecule has 45 heavy (non-hydrogen) atoms. The van der Waals surface area contributed by atoms with Crippen LogP contribution in [0, 0.1) is 57.2 Å². The monoisotopic (exact) mass is 625 g/mol. The van der Waals surface area contributed by atoms with Gasteiger partial charge in [0.1, 0.15) is 11.7 Å². The summed E-state index contributed by atoms with van der Waals surface area (Å²) in [7, 11) is 0. The van der Waals surface area contributed by atoms with Gasteiger partial charge in [0.15, 0.2) is 5.78 Å². The maximum Gasteiger partial charge on any atom is 0.312 e. The number of ether oxygens (including phenoxy) is 2. The first-order valence-electron chi connectivity index (χ1n) is 18.2. The Labute approximate surface area is 273 Å². The fourth-order valence-corrected chi connectivity index (χ4v) is 11.8. The Morgan fingerprint density at radius 3 is 2.18 bits per heavy atom. The molecule has 0 saturated heterocycles. The van der Waals surface area contributed by atoms with E-state index >= 15 is 0 Å². The summed E-state index contributed by atoms with van der Waals surface area (Å²) in [4.78, 5) is 39.5. The summed E-state index contributed by atoms with van der Waals surface area (Å²) in [6, 6.07) is 0. The molecule has 0 aromatic rings. The molecular formula is C39H63NO5. The van der Waals surface area contributed by atoms with Gasteiger partial charge in [0.05, 0.1) is 11.8 Å². The van der Waals surface area contributed by atoms with Crippen LogP contribution in [0.1, 0.15) is 140 Å². The van der Waals surface area contributed by atoms with Crippen molar-refractivity contribution in [1.82, 2.24) is 0 Å². The summed E-state index contributed by atoms with van der Waals surface area (Å²) < 4.78 is 11.8. The van der Waals surface area contributed by atoms with Gasteiger partial charge in [0.25, 0.3) is 0 Å². The van der Waals surface area contributed by atoms with E-state index in [0.717, 1.165) is 37.7 Å². The molecule has 6 heteroatoms. The number of ketones is 1. The smallest absolute Gasteiger partial charge is 0.312 e. The van der Waals surface area contributed by atoms with Gasteiger partial charge in [-0.1, -0.05) is 40.2 Å². The first-order valence-corrected chi connectivity index (χ1v) is 18.2. The average molecular weight is 626 g/mol. The maximum atomic E-state index is 13.5. The van der Waals surface area contributed by atoms with Gasteiger partial charge in [-0.2, -0.15) is 0 Å². The van der Waals surface area contributed by atoms with E-state index in [0.29, 0.717) is 42.4 Å². The Morgan fingerprint density at radius 1 is 0.933 bits per heavy atom. The molecule has 9 atom stereocenters. The average Bonchev–Trinajstić information content (AvgIpc) is 3.21. The Bertz CT molecular complexity index is 1230. The van der Waals surface area contributed by atoms with E-state index in [1.54, 1.807) is 13.8 Å². The Kier molecular flexibility index (Phi) is 9.06. The number of hydrogen-bond acceptors (Lipinski definition) is 6. The zero-order chi connectivity index (χ0) is 33.3. The van der Waals surface area contributed by atoms with E-state index in [-0.39, 0.29) is 52.5 Å². The summed E-state index contributed by atoms with van der Waals surface area (Å²) in [5, 5.41) is 0. The van der Waals surface area contributed by atoms with E-state index < -0.39 is 11.0 Å². The highest BCUT2D eigenvalue weighted by Gasteiger charge is 2.64. The zero-order valence-electron chi connectivity index (χ0n) is 30.1. The number of carbonyl (C=O) groups is 3. The topological polar surface area (TPSA) is 95.7 Å². The molecule has 0 amide bonds. The summed E-state index contributed by atoms with van der Waals surface area (Å²) in [6.45, 7) is 21.6. The fraction of sp³-hybridized carbons (Fsp3) is 0.872. The molecule has 4 saturated carbocycles. The number of fused-ring (bicyclic) bond motifs is 7. The summed E-state index contributed by atoms with van der Waals surface area (Å²) in [6.07, 6.45) is 10.6. The molecule has 0 aliphatic heterocycles. The standard InChI is InChI=1S/C39H63NO5/c1-23(2)32-28(41)21-39(19-20-40)18-14-27-25(33(32)39)11-12-30-37(9)17-15-29(24(3)26(37)13-16-38(27,30)10)44-31(42)22-36(7,8)34(43)45-35(4,5)6/h23-27,29-30H,11-22,40H2,1-10H3. The second kappa shape index (κ2) is 11.8. The van der Waals surface area contributed by atoms with Gasteiger partial charge in [-0.3, -0.25) is 14.4 Å². The summed E-state index contributed by atoms with van der Waals surface area (Å²) in [5.41, 5.74) is 7.84. The van der Waals surface area contributed by atoms with Crippen molar-refractivity contribution in [2.24, 2.45) is 62.9 Å². The molecule has 0 bridgehead atoms. The molecular weight excluding hydrogens is 562 g/mol. The lowest BCUT2D eigenvalue weighted by atomic mass is 9.38. The lowest BCUT2D eigenvalue weighted by Gasteiger charge is -2.67. The van der Waals surface area contributed by atoms with E-state index in [1.165, 1.54) is 31.3 Å². The molecule has 5 rings (SSSR count). The molecule has 0 aromatic heterocycles. The normalized spacial score (nSPS) is 40.0. The lowest BCUT2D eigenvalue weighted by Crippen LogP contribution is -2.60. The van der Waals surface area contributed by atoms with Crippen LogP contribution < -0.4 is 5.73 Å². The quantitative estimate of drug-likeness (QED) is 0.287. The Balaban J connectivity index is 1.32. The highest BCUT2D eigenvalue weighted by Crippen LogP contribution is 2.72. The number of nitrogens with two attached hydrogens (primary N) is 1. The van der Waals surface area contributed by atoms with Crippen molar-refractivity contribution in [3.05, 3.63) is 11.1 Å². The van der Waals surface area contributed by atoms with Crippen LogP contribution in [-0.4, -0.2) is 36.0 Å². The van der Waals surface area contributed by atoms with Crippen LogP contribution in [0.15, 0.2) is 11.1 Å². The zero-order valence-corrected chi connectivity index (χ0v) is 30.1. The van der Waals surface area contributed by atoms with Crippen LogP contribution in [0.3, 0.4) is 0 Å². The van der Waals surface area contributed by atoms with Crippen molar-refractivity contribution in [3.8, 4) is 0 Å². The molecule has 2 N–H and O–H groups in total. The van der Waals surface area contributed by atoms with Crippen molar-refractivity contribution in [2.75, 3.05) is 6.54 Å². The van der Waals surface area contributed by atoms with Gasteiger partial charge in [-0.05, 0) is 151 Å². The van der Waals surface area contributed by atoms with Gasteiger partial charge in [-0.25, -0.2) is 0 Å². The lowest BCUT2D eigenvalue weighted by molar-refractivity contribution is -0.192. The van der Waals surface area contributed by atoms with Crippen molar-refractivity contribution in [2.45, 2.75) is 152 Å². The second-order valence-electron chi connectivity index (χ2n) is 18.4. The van der Waals surface area contributed by atoms with Gasteiger partial charge in [0.2, 0.25) is 0 Å². The Hall–Kier alpha value is -1.69. The molecule has 5 aliphatic rings. The highest BCUT2D eigenvalue weighted by molar-refractivity contribution is 6.00. The number of esters is 2. The molecule has 0 spiro atoms. The number of hydrogen-bond donors (Lipinski definition) is 1. The van der Waals surface area contributed by atoms with Crippen LogP contribution in [-0.2, 0) is 23.9 Å². The minimum absolute atomic E-state index is 0.00536. The van der Waals surface area contributed by atoms with Gasteiger partial charge >= 0.3 is 11.9 Å². The molecule has 0 heterocycles. The molecule has 6 nitrogen and oxygen atoms in total. The van der Waals surface area contributed by atoms with Crippen molar-refractivity contribution in [3.63, 3.8) is 0 Å². The maximum absolute atomic E-state index is 13.5. The SMILES string of the molecule is CC(C)C1=C2C3CCC4C(C)(CCC5C(C)C(OC(=O)CC(C)(C)C(=O)OC(C)(C)C)CCC54C)C3CCC2(CCN)CC1=O. The third kappa shape index (κ3) is 5.86. The van der Waals surface area contributed by atoms with Gasteiger partial charge < -0.3 is 15.2 Å². The van der Waals surface area contributed by atoms with E-state index in [4.69, 9.17) is 15.2 Å². The summed E-state index contributed by atoms with van der Waals surface area (Å²) in [5.74, 6) is 2.58. The van der Waals surface area contributed by atoms with Crippen LogP contribution in [0.4, 0.5) is 0 Å². The van der Waals surface area contributed by atoms with E-state index in [1.807, 2.05) is 20.8 Å². The molecule has 5 aliphatic carbocycles.